The van der Waals surface area contributed by atoms with Gasteiger partial charge >= 0.3 is 0 Å². The van der Waals surface area contributed by atoms with Gasteiger partial charge in [0.25, 0.3) is 5.91 Å². The number of nitrogens with one attached hydrogen (secondary N) is 1. The van der Waals surface area contributed by atoms with Gasteiger partial charge in [-0.2, -0.15) is 5.10 Å². The Morgan fingerprint density at radius 3 is 2.76 bits per heavy atom. The van der Waals surface area contributed by atoms with E-state index in [1.807, 2.05) is 15.8 Å². The number of carbonyl (C=O) groups is 1. The Hall–Kier alpha value is -2.41. The number of rotatable bonds is 4. The lowest BCUT2D eigenvalue weighted by molar-refractivity contribution is 0.0760. The van der Waals surface area contributed by atoms with Gasteiger partial charge in [-0.1, -0.05) is 0 Å². The number of pyridine rings is 1. The summed E-state index contributed by atoms with van der Waals surface area (Å²) >= 11 is 0. The molecule has 25 heavy (non-hydrogen) atoms. The minimum Gasteiger partial charge on any atom is -0.337 e. The molecule has 0 bridgehead atoms. The summed E-state index contributed by atoms with van der Waals surface area (Å²) in [7, 11) is 0. The van der Waals surface area contributed by atoms with Gasteiger partial charge in [0.05, 0.1) is 11.8 Å². The van der Waals surface area contributed by atoms with E-state index in [1.165, 1.54) is 17.8 Å². The van der Waals surface area contributed by atoms with Crippen LogP contribution in [-0.2, 0) is 6.54 Å². The van der Waals surface area contributed by atoms with Crippen molar-refractivity contribution in [3.8, 4) is 0 Å². The largest absolute Gasteiger partial charge is 0.337 e. The topological polar surface area (TPSA) is 74.2 Å². The van der Waals surface area contributed by atoms with Crippen molar-refractivity contribution in [2.24, 2.45) is 0 Å². The molecule has 0 aromatic carbocycles. The van der Waals surface area contributed by atoms with Gasteiger partial charge < -0.3 is 9.88 Å². The Morgan fingerprint density at radius 1 is 1.24 bits per heavy atom. The van der Waals surface area contributed by atoms with Gasteiger partial charge in [-0.05, 0) is 26.3 Å². The van der Waals surface area contributed by atoms with E-state index in [2.05, 4.69) is 35.0 Å². The van der Waals surface area contributed by atoms with Gasteiger partial charge in [0.2, 0.25) is 5.56 Å². The summed E-state index contributed by atoms with van der Waals surface area (Å²) < 4.78 is 1.97. The third-order valence-electron chi connectivity index (χ3n) is 4.50. The van der Waals surface area contributed by atoms with Crippen LogP contribution in [0.25, 0.3) is 0 Å². The highest BCUT2D eigenvalue weighted by atomic mass is 16.2. The zero-order chi connectivity index (χ0) is 17.8. The first kappa shape index (κ1) is 17.4. The molecular weight excluding hydrogens is 318 g/mol. The fourth-order valence-electron chi connectivity index (χ4n) is 3.06. The molecule has 0 unspecified atom stereocenters. The van der Waals surface area contributed by atoms with Gasteiger partial charge in [0.15, 0.2) is 0 Å². The minimum atomic E-state index is -0.194. The van der Waals surface area contributed by atoms with Crippen molar-refractivity contribution in [2.75, 3.05) is 26.2 Å². The minimum absolute atomic E-state index is 0.0225. The first-order valence-corrected chi connectivity index (χ1v) is 8.76. The van der Waals surface area contributed by atoms with Crippen molar-refractivity contribution in [1.29, 1.82) is 0 Å². The SMILES string of the molecule is CC(C)n1cc(CN2CCCN(C(=O)c3ccc(=O)[nH]c3)CC2)cn1. The van der Waals surface area contributed by atoms with E-state index in [4.69, 9.17) is 0 Å². The molecule has 134 valence electrons. The fraction of sp³-hybridized carbons (Fsp3) is 0.500. The van der Waals surface area contributed by atoms with E-state index in [0.717, 1.165) is 32.6 Å². The number of aromatic nitrogens is 3. The molecule has 7 heteroatoms. The summed E-state index contributed by atoms with van der Waals surface area (Å²) in [5, 5.41) is 4.39. The number of hydrogen-bond acceptors (Lipinski definition) is 4. The van der Waals surface area contributed by atoms with E-state index in [9.17, 15) is 9.59 Å². The Labute approximate surface area is 147 Å². The average Bonchev–Trinajstić information content (AvgIpc) is 2.94. The lowest BCUT2D eigenvalue weighted by atomic mass is 10.2. The molecule has 1 N–H and O–H groups in total. The van der Waals surface area contributed by atoms with Gasteiger partial charge in [-0.25, -0.2) is 0 Å². The van der Waals surface area contributed by atoms with Crippen LogP contribution in [0.2, 0.25) is 0 Å². The molecule has 0 spiro atoms. The molecule has 0 saturated carbocycles. The number of nitrogens with zero attached hydrogens (tertiary/aromatic N) is 4. The summed E-state index contributed by atoms with van der Waals surface area (Å²) in [6.07, 6.45) is 6.45. The van der Waals surface area contributed by atoms with Crippen molar-refractivity contribution in [1.82, 2.24) is 24.6 Å². The van der Waals surface area contributed by atoms with Crippen molar-refractivity contribution in [3.05, 3.63) is 52.2 Å². The highest BCUT2D eigenvalue weighted by Gasteiger charge is 2.20. The average molecular weight is 343 g/mol. The smallest absolute Gasteiger partial charge is 0.255 e. The Bertz CT molecular complexity index is 759. The first-order valence-electron chi connectivity index (χ1n) is 8.76. The molecule has 2 aromatic rings. The molecule has 2 aromatic heterocycles. The maximum atomic E-state index is 12.6. The van der Waals surface area contributed by atoms with Gasteiger partial charge in [-0.15, -0.1) is 0 Å². The zero-order valence-corrected chi connectivity index (χ0v) is 14.8. The monoisotopic (exact) mass is 343 g/mol. The van der Waals surface area contributed by atoms with Crippen LogP contribution < -0.4 is 5.56 Å². The summed E-state index contributed by atoms with van der Waals surface area (Å²) in [5.74, 6) is -0.0225. The molecule has 1 aliphatic heterocycles. The highest BCUT2D eigenvalue weighted by Crippen LogP contribution is 2.12. The molecular formula is C18H25N5O2. The van der Waals surface area contributed by atoms with Crippen LogP contribution >= 0.6 is 0 Å². The molecule has 1 fully saturated rings. The maximum Gasteiger partial charge on any atom is 0.255 e. The second kappa shape index (κ2) is 7.65. The third kappa shape index (κ3) is 4.36. The number of hydrogen-bond donors (Lipinski definition) is 1. The predicted molar refractivity (Wildman–Crippen MR) is 95.5 cm³/mol. The molecule has 1 aliphatic rings. The fourth-order valence-corrected chi connectivity index (χ4v) is 3.06. The molecule has 3 heterocycles. The van der Waals surface area contributed by atoms with Crippen LogP contribution in [0.3, 0.4) is 0 Å². The van der Waals surface area contributed by atoms with Crippen molar-refractivity contribution in [2.45, 2.75) is 32.9 Å². The van der Waals surface area contributed by atoms with Crippen LogP contribution in [0.5, 0.6) is 0 Å². The number of aromatic amines is 1. The zero-order valence-electron chi connectivity index (χ0n) is 14.8. The number of carbonyl (C=O) groups excluding carboxylic acids is 1. The van der Waals surface area contributed by atoms with E-state index in [-0.39, 0.29) is 11.5 Å². The Morgan fingerprint density at radius 2 is 2.08 bits per heavy atom. The third-order valence-corrected chi connectivity index (χ3v) is 4.50. The van der Waals surface area contributed by atoms with Crippen LogP contribution in [0.1, 0.15) is 42.2 Å². The second-order valence-corrected chi connectivity index (χ2v) is 6.79. The van der Waals surface area contributed by atoms with Gasteiger partial charge in [0.1, 0.15) is 0 Å². The standard InChI is InChI=1S/C18H25N5O2/c1-14(2)23-13-15(10-20-23)12-21-6-3-7-22(9-8-21)18(25)16-4-5-17(24)19-11-16/h4-5,10-11,13-14H,3,6-9,12H2,1-2H3,(H,19,24). The van der Waals surface area contributed by atoms with Gasteiger partial charge in [0, 0.05) is 62.8 Å². The van der Waals surface area contributed by atoms with Crippen LogP contribution in [0.4, 0.5) is 0 Å². The van der Waals surface area contributed by atoms with Crippen LogP contribution in [0, 0.1) is 0 Å². The quantitative estimate of drug-likeness (QED) is 0.913. The van der Waals surface area contributed by atoms with Gasteiger partial charge in [-0.3, -0.25) is 19.2 Å². The number of amides is 1. The van der Waals surface area contributed by atoms with Crippen LogP contribution in [-0.4, -0.2) is 56.7 Å². The molecule has 0 aliphatic carbocycles. The van der Waals surface area contributed by atoms with E-state index < -0.39 is 0 Å². The summed E-state index contributed by atoms with van der Waals surface area (Å²) in [5.41, 5.74) is 1.54. The maximum absolute atomic E-state index is 12.6. The normalized spacial score (nSPS) is 16.2. The highest BCUT2D eigenvalue weighted by molar-refractivity contribution is 5.93. The molecule has 0 atom stereocenters. The van der Waals surface area contributed by atoms with E-state index in [1.54, 1.807) is 6.07 Å². The molecule has 0 radical (unpaired) electrons. The second-order valence-electron chi connectivity index (χ2n) is 6.79. The summed E-state index contributed by atoms with van der Waals surface area (Å²) in [6, 6.07) is 3.34. The predicted octanol–water partition coefficient (Wildman–Crippen LogP) is 1.50. The van der Waals surface area contributed by atoms with Crippen LogP contribution in [0.15, 0.2) is 35.5 Å². The molecule has 3 rings (SSSR count). The first-order chi connectivity index (χ1) is 12.0. The van der Waals surface area contributed by atoms with Crippen molar-refractivity contribution >= 4 is 5.91 Å². The van der Waals surface area contributed by atoms with Crippen molar-refractivity contribution in [3.63, 3.8) is 0 Å². The lowest BCUT2D eigenvalue weighted by Crippen LogP contribution is -2.35. The Balaban J connectivity index is 1.58. The number of H-pyrrole nitrogens is 1. The van der Waals surface area contributed by atoms with E-state index in [0.29, 0.717) is 18.2 Å². The summed E-state index contributed by atoms with van der Waals surface area (Å²) in [6.45, 7) is 8.31. The Kier molecular flexibility index (Phi) is 5.33. The van der Waals surface area contributed by atoms with E-state index >= 15 is 0 Å². The molecule has 1 saturated heterocycles. The molecule has 7 nitrogen and oxygen atoms in total. The molecule has 1 amide bonds. The summed E-state index contributed by atoms with van der Waals surface area (Å²) in [4.78, 5) is 30.5. The lowest BCUT2D eigenvalue weighted by Gasteiger charge is -2.21. The van der Waals surface area contributed by atoms with Crippen molar-refractivity contribution < 1.29 is 4.79 Å².